The van der Waals surface area contributed by atoms with Gasteiger partial charge in [-0.15, -0.1) is 0 Å². The molecule has 0 aliphatic carbocycles. The Morgan fingerprint density at radius 3 is 2.69 bits per heavy atom. The number of halogens is 2. The van der Waals surface area contributed by atoms with E-state index in [9.17, 15) is 9.18 Å². The maximum absolute atomic E-state index is 13.2. The van der Waals surface area contributed by atoms with Gasteiger partial charge in [0.2, 0.25) is 5.95 Å². The lowest BCUT2D eigenvalue weighted by atomic mass is 10.2. The van der Waals surface area contributed by atoms with Crippen molar-refractivity contribution in [2.75, 3.05) is 5.32 Å². The van der Waals surface area contributed by atoms with E-state index in [0.29, 0.717) is 0 Å². The van der Waals surface area contributed by atoms with Crippen molar-refractivity contribution in [3.05, 3.63) is 23.2 Å². The summed E-state index contributed by atoms with van der Waals surface area (Å²) in [6.45, 7) is 5.11. The Kier molecular flexibility index (Phi) is 3.70. The van der Waals surface area contributed by atoms with Gasteiger partial charge >= 0.3 is 6.09 Å². The highest BCUT2D eigenvalue weighted by Crippen LogP contribution is 2.23. The molecule has 0 saturated heterocycles. The smallest absolute Gasteiger partial charge is 0.412 e. The number of hydrogen-bond donors (Lipinski definition) is 1. The minimum absolute atomic E-state index is 0.0679. The normalized spacial score (nSPS) is 11.1. The van der Waals surface area contributed by atoms with E-state index in [0.717, 1.165) is 0 Å². The Morgan fingerprint density at radius 1 is 1.56 bits per heavy atom. The number of carbonyl (C=O) groups is 1. The van der Waals surface area contributed by atoms with Crippen molar-refractivity contribution in [2.24, 2.45) is 0 Å². The predicted octanol–water partition coefficient (Wildman–Crippen LogP) is 3.22. The van der Waals surface area contributed by atoms with Crippen LogP contribution >= 0.6 is 11.6 Å². The number of nitrogens with one attached hydrogen (secondary N) is 1. The van der Waals surface area contributed by atoms with Crippen molar-refractivity contribution in [3.8, 4) is 0 Å². The number of anilines is 1. The zero-order chi connectivity index (χ0) is 12.3. The molecule has 0 saturated carbocycles. The van der Waals surface area contributed by atoms with Crippen LogP contribution in [0.15, 0.2) is 12.3 Å². The maximum atomic E-state index is 13.2. The highest BCUT2D eigenvalue weighted by atomic mass is 35.5. The van der Waals surface area contributed by atoms with Gasteiger partial charge in [-0.2, -0.15) is 4.39 Å². The fourth-order valence-electron chi connectivity index (χ4n) is 0.932. The number of pyridine rings is 1. The monoisotopic (exact) mass is 246 g/mol. The van der Waals surface area contributed by atoms with Gasteiger partial charge in [-0.25, -0.2) is 9.78 Å². The molecule has 1 aromatic heterocycles. The molecule has 0 fully saturated rings. The zero-order valence-corrected chi connectivity index (χ0v) is 9.93. The van der Waals surface area contributed by atoms with Crippen molar-refractivity contribution in [1.29, 1.82) is 0 Å². The second kappa shape index (κ2) is 4.65. The molecule has 0 unspecified atom stereocenters. The second-order valence-corrected chi connectivity index (χ2v) is 4.49. The third kappa shape index (κ3) is 3.66. The van der Waals surface area contributed by atoms with Crippen molar-refractivity contribution in [2.45, 2.75) is 26.4 Å². The van der Waals surface area contributed by atoms with Gasteiger partial charge in [-0.3, -0.25) is 5.32 Å². The summed E-state index contributed by atoms with van der Waals surface area (Å²) in [6, 6.07) is 1.37. The molecule has 1 heterocycles. The van der Waals surface area contributed by atoms with Gasteiger partial charge in [0.25, 0.3) is 0 Å². The summed E-state index contributed by atoms with van der Waals surface area (Å²) in [5, 5.41) is 2.27. The molecule has 88 valence electrons. The van der Waals surface area contributed by atoms with Crippen LogP contribution in [0.2, 0.25) is 5.02 Å². The van der Waals surface area contributed by atoms with Crippen LogP contribution < -0.4 is 5.32 Å². The summed E-state index contributed by atoms with van der Waals surface area (Å²) in [5.74, 6) is -0.849. The Morgan fingerprint density at radius 2 is 2.19 bits per heavy atom. The van der Waals surface area contributed by atoms with Gasteiger partial charge in [0, 0.05) is 6.20 Å². The van der Waals surface area contributed by atoms with E-state index >= 15 is 0 Å². The first-order valence-corrected chi connectivity index (χ1v) is 4.97. The van der Waals surface area contributed by atoms with Gasteiger partial charge in [-0.1, -0.05) is 11.6 Å². The number of nitrogens with zero attached hydrogens (tertiary/aromatic N) is 1. The number of ether oxygens (including phenoxy) is 1. The lowest BCUT2D eigenvalue weighted by Gasteiger charge is -2.19. The number of carbonyl (C=O) groups excluding carboxylic acids is 1. The van der Waals surface area contributed by atoms with Crippen molar-refractivity contribution >= 4 is 23.4 Å². The SMILES string of the molecule is CC(C)(C)OC(=O)Nc1c(Cl)ccnc1F. The van der Waals surface area contributed by atoms with E-state index in [1.807, 2.05) is 0 Å². The molecule has 6 heteroatoms. The van der Waals surface area contributed by atoms with Gasteiger partial charge in [0.15, 0.2) is 0 Å². The molecule has 0 aliphatic heterocycles. The number of rotatable bonds is 1. The molecule has 4 nitrogen and oxygen atoms in total. The summed E-state index contributed by atoms with van der Waals surface area (Å²) < 4.78 is 18.1. The molecular formula is C10H12ClFN2O2. The minimum Gasteiger partial charge on any atom is -0.444 e. The van der Waals surface area contributed by atoms with Crippen LogP contribution in [0.1, 0.15) is 20.8 Å². The van der Waals surface area contributed by atoms with E-state index in [4.69, 9.17) is 16.3 Å². The summed E-state index contributed by atoms with van der Waals surface area (Å²) in [4.78, 5) is 14.7. The predicted molar refractivity (Wildman–Crippen MR) is 59.1 cm³/mol. The summed E-state index contributed by atoms with van der Waals surface area (Å²) >= 11 is 5.69. The van der Waals surface area contributed by atoms with Crippen LogP contribution in [0.3, 0.4) is 0 Å². The van der Waals surface area contributed by atoms with Crippen molar-refractivity contribution in [3.63, 3.8) is 0 Å². The highest BCUT2D eigenvalue weighted by molar-refractivity contribution is 6.33. The molecular weight excluding hydrogens is 235 g/mol. The van der Waals surface area contributed by atoms with Crippen molar-refractivity contribution < 1.29 is 13.9 Å². The molecule has 1 amide bonds. The molecule has 0 atom stereocenters. The first kappa shape index (κ1) is 12.7. The first-order valence-electron chi connectivity index (χ1n) is 4.59. The molecule has 1 rings (SSSR count). The van der Waals surface area contributed by atoms with E-state index in [1.165, 1.54) is 12.3 Å². The van der Waals surface area contributed by atoms with E-state index in [-0.39, 0.29) is 10.7 Å². The number of hydrogen-bond acceptors (Lipinski definition) is 3. The average Bonchev–Trinajstić information content (AvgIpc) is 2.08. The highest BCUT2D eigenvalue weighted by Gasteiger charge is 2.18. The molecule has 0 bridgehead atoms. The summed E-state index contributed by atoms with van der Waals surface area (Å²) in [7, 11) is 0. The molecule has 16 heavy (non-hydrogen) atoms. The fraction of sp³-hybridized carbons (Fsp3) is 0.400. The van der Waals surface area contributed by atoms with Gasteiger partial charge in [0.05, 0.1) is 5.02 Å². The quantitative estimate of drug-likeness (QED) is 0.774. The third-order valence-corrected chi connectivity index (χ3v) is 1.79. The van der Waals surface area contributed by atoms with Gasteiger partial charge in [-0.05, 0) is 26.8 Å². The number of aromatic nitrogens is 1. The van der Waals surface area contributed by atoms with Crippen LogP contribution in [0.25, 0.3) is 0 Å². The Bertz CT molecular complexity index is 384. The van der Waals surface area contributed by atoms with Gasteiger partial charge < -0.3 is 4.74 Å². The minimum atomic E-state index is -0.849. The molecule has 1 aromatic rings. The largest absolute Gasteiger partial charge is 0.444 e. The second-order valence-electron chi connectivity index (χ2n) is 4.09. The van der Waals surface area contributed by atoms with E-state index < -0.39 is 17.6 Å². The molecule has 0 aliphatic rings. The van der Waals surface area contributed by atoms with E-state index in [1.54, 1.807) is 20.8 Å². The first-order chi connectivity index (χ1) is 7.29. The van der Waals surface area contributed by atoms with Gasteiger partial charge in [0.1, 0.15) is 11.3 Å². The Hall–Kier alpha value is -1.36. The summed E-state index contributed by atoms with van der Waals surface area (Å²) in [5.41, 5.74) is -0.840. The van der Waals surface area contributed by atoms with Crippen molar-refractivity contribution in [1.82, 2.24) is 4.98 Å². The standard InChI is InChI=1S/C10H12ClFN2O2/c1-10(2,3)16-9(15)14-7-6(11)4-5-13-8(7)12/h4-5H,1-3H3,(H,14,15). The van der Waals surface area contributed by atoms with Crippen LogP contribution in [-0.4, -0.2) is 16.7 Å². The topological polar surface area (TPSA) is 51.2 Å². The summed E-state index contributed by atoms with van der Waals surface area (Å²) in [6.07, 6.45) is 0.430. The average molecular weight is 247 g/mol. The van der Waals surface area contributed by atoms with Crippen LogP contribution in [0, 0.1) is 5.95 Å². The van der Waals surface area contributed by atoms with Crippen LogP contribution in [0.4, 0.5) is 14.9 Å². The number of amides is 1. The van der Waals surface area contributed by atoms with Crippen LogP contribution in [-0.2, 0) is 4.74 Å². The third-order valence-electron chi connectivity index (χ3n) is 1.48. The maximum Gasteiger partial charge on any atom is 0.412 e. The molecule has 0 aromatic carbocycles. The zero-order valence-electron chi connectivity index (χ0n) is 9.17. The lowest BCUT2D eigenvalue weighted by molar-refractivity contribution is 0.0635. The lowest BCUT2D eigenvalue weighted by Crippen LogP contribution is -2.27. The van der Waals surface area contributed by atoms with Crippen LogP contribution in [0.5, 0.6) is 0 Å². The molecule has 1 N–H and O–H groups in total. The Labute approximate surface area is 97.8 Å². The molecule has 0 radical (unpaired) electrons. The fourth-order valence-corrected chi connectivity index (χ4v) is 1.11. The van der Waals surface area contributed by atoms with E-state index in [2.05, 4.69) is 10.3 Å². The molecule has 0 spiro atoms. The Balaban J connectivity index is 2.78.